The van der Waals surface area contributed by atoms with Crippen LogP contribution >= 0.6 is 0 Å². The van der Waals surface area contributed by atoms with Gasteiger partial charge in [-0.25, -0.2) is 9.37 Å². The second-order valence-electron chi connectivity index (χ2n) is 9.01. The van der Waals surface area contributed by atoms with Gasteiger partial charge in [-0.05, 0) is 77.1 Å². The summed E-state index contributed by atoms with van der Waals surface area (Å²) in [7, 11) is 0. The number of rotatable bonds is 4. The molecule has 2 aromatic heterocycles. The molecule has 0 spiro atoms. The van der Waals surface area contributed by atoms with E-state index in [1.54, 1.807) is 16.9 Å². The zero-order valence-corrected chi connectivity index (χ0v) is 18.4. The number of carbonyl (C=O) groups is 1. The molecule has 5 nitrogen and oxygen atoms in total. The van der Waals surface area contributed by atoms with Crippen LogP contribution in [0.15, 0.2) is 48.7 Å². The van der Waals surface area contributed by atoms with Crippen LogP contribution in [0, 0.1) is 5.82 Å². The normalized spacial score (nSPS) is 12.7. The summed E-state index contributed by atoms with van der Waals surface area (Å²) in [6, 6.07) is 9.99. The van der Waals surface area contributed by atoms with Crippen LogP contribution < -0.4 is 5.32 Å². The summed E-state index contributed by atoms with van der Waals surface area (Å²) in [6.07, 6.45) is -3.05. The van der Waals surface area contributed by atoms with Gasteiger partial charge < -0.3 is 5.32 Å². The average molecular weight is 448 g/mol. The SMILES string of the molecule is CC(C)(C)n1nccc1-c1cc(C(=O)NC(C)(C)C(F)(F)F)cc(-c2ccc(F)cc2)n1. The highest BCUT2D eigenvalue weighted by Crippen LogP contribution is 2.31. The fraction of sp³-hybridized carbons (Fsp3) is 0.348. The van der Waals surface area contributed by atoms with Crippen molar-refractivity contribution in [3.8, 4) is 22.6 Å². The molecule has 1 N–H and O–H groups in total. The minimum absolute atomic E-state index is 0.00620. The van der Waals surface area contributed by atoms with E-state index < -0.39 is 29.0 Å². The Labute approximate surface area is 183 Å². The maximum Gasteiger partial charge on any atom is 0.410 e. The van der Waals surface area contributed by atoms with Crippen LogP contribution in [0.2, 0.25) is 0 Å². The molecule has 0 radical (unpaired) electrons. The highest BCUT2D eigenvalue weighted by Gasteiger charge is 2.48. The van der Waals surface area contributed by atoms with Crippen molar-refractivity contribution >= 4 is 5.91 Å². The molecule has 32 heavy (non-hydrogen) atoms. The number of halogens is 4. The summed E-state index contributed by atoms with van der Waals surface area (Å²) in [5.41, 5.74) is -1.07. The molecule has 0 aliphatic heterocycles. The first-order valence-electron chi connectivity index (χ1n) is 9.91. The summed E-state index contributed by atoms with van der Waals surface area (Å²) in [5.74, 6) is -1.35. The van der Waals surface area contributed by atoms with Crippen molar-refractivity contribution in [1.29, 1.82) is 0 Å². The fourth-order valence-electron chi connectivity index (χ4n) is 3.02. The molecule has 1 aromatic carbocycles. The highest BCUT2D eigenvalue weighted by atomic mass is 19.4. The largest absolute Gasteiger partial charge is 0.410 e. The van der Waals surface area contributed by atoms with Crippen LogP contribution in [0.5, 0.6) is 0 Å². The second kappa shape index (κ2) is 8.03. The van der Waals surface area contributed by atoms with E-state index in [4.69, 9.17) is 0 Å². The Kier molecular flexibility index (Phi) is 5.88. The molecule has 0 aliphatic carbocycles. The first-order valence-corrected chi connectivity index (χ1v) is 9.91. The predicted molar refractivity (Wildman–Crippen MR) is 113 cm³/mol. The van der Waals surface area contributed by atoms with Gasteiger partial charge in [-0.2, -0.15) is 18.3 Å². The van der Waals surface area contributed by atoms with Gasteiger partial charge in [-0.1, -0.05) is 0 Å². The third-order valence-corrected chi connectivity index (χ3v) is 4.90. The number of carbonyl (C=O) groups excluding carboxylic acids is 1. The molecular weight excluding hydrogens is 424 g/mol. The van der Waals surface area contributed by atoms with Crippen molar-refractivity contribution in [3.63, 3.8) is 0 Å². The summed E-state index contributed by atoms with van der Waals surface area (Å²) < 4.78 is 55.0. The number of nitrogens with one attached hydrogen (secondary N) is 1. The number of pyridine rings is 1. The minimum atomic E-state index is -4.64. The van der Waals surface area contributed by atoms with Crippen molar-refractivity contribution in [2.75, 3.05) is 0 Å². The molecule has 170 valence electrons. The highest BCUT2D eigenvalue weighted by molar-refractivity contribution is 5.96. The zero-order chi connectivity index (χ0) is 23.9. The maximum absolute atomic E-state index is 13.4. The van der Waals surface area contributed by atoms with Crippen molar-refractivity contribution in [3.05, 3.63) is 60.0 Å². The lowest BCUT2D eigenvalue weighted by Gasteiger charge is -2.29. The van der Waals surface area contributed by atoms with Crippen molar-refractivity contribution in [1.82, 2.24) is 20.1 Å². The van der Waals surface area contributed by atoms with Crippen LogP contribution in [-0.4, -0.2) is 32.4 Å². The van der Waals surface area contributed by atoms with Gasteiger partial charge in [-0.15, -0.1) is 0 Å². The average Bonchev–Trinajstić information content (AvgIpc) is 3.17. The summed E-state index contributed by atoms with van der Waals surface area (Å²) in [5, 5.41) is 6.37. The first-order chi connectivity index (χ1) is 14.7. The van der Waals surface area contributed by atoms with Gasteiger partial charge in [0, 0.05) is 17.3 Å². The van der Waals surface area contributed by atoms with Crippen molar-refractivity contribution in [2.24, 2.45) is 0 Å². The second-order valence-corrected chi connectivity index (χ2v) is 9.01. The molecule has 0 saturated carbocycles. The molecular formula is C23H24F4N4O. The molecule has 0 saturated heterocycles. The predicted octanol–water partition coefficient (Wildman–Crippen LogP) is 5.58. The van der Waals surface area contributed by atoms with Crippen LogP contribution in [-0.2, 0) is 5.54 Å². The van der Waals surface area contributed by atoms with E-state index in [0.717, 1.165) is 13.8 Å². The molecule has 3 rings (SSSR count). The Morgan fingerprint density at radius 2 is 1.53 bits per heavy atom. The number of hydrogen-bond donors (Lipinski definition) is 1. The number of benzene rings is 1. The number of nitrogens with zero attached hydrogens (tertiary/aromatic N) is 3. The first kappa shape index (κ1) is 23.4. The quantitative estimate of drug-likeness (QED) is 0.531. The lowest BCUT2D eigenvalue weighted by Crippen LogP contribution is -2.54. The number of alkyl halides is 3. The van der Waals surface area contributed by atoms with Gasteiger partial charge in [0.2, 0.25) is 0 Å². The summed E-state index contributed by atoms with van der Waals surface area (Å²) in [4.78, 5) is 17.4. The van der Waals surface area contributed by atoms with Crippen molar-refractivity contribution in [2.45, 2.75) is 51.9 Å². The van der Waals surface area contributed by atoms with E-state index in [-0.39, 0.29) is 5.56 Å². The molecule has 9 heteroatoms. The van der Waals surface area contributed by atoms with E-state index in [2.05, 4.69) is 10.1 Å². The van der Waals surface area contributed by atoms with Crippen LogP contribution in [0.1, 0.15) is 45.0 Å². The van der Waals surface area contributed by atoms with Crippen molar-refractivity contribution < 1.29 is 22.4 Å². The van der Waals surface area contributed by atoms with Crippen LogP contribution in [0.3, 0.4) is 0 Å². The zero-order valence-electron chi connectivity index (χ0n) is 18.4. The van der Waals surface area contributed by atoms with E-state index in [1.807, 2.05) is 26.1 Å². The van der Waals surface area contributed by atoms with Gasteiger partial charge >= 0.3 is 6.18 Å². The van der Waals surface area contributed by atoms with Gasteiger partial charge in [0.15, 0.2) is 0 Å². The Bertz CT molecular complexity index is 1130. The molecule has 0 unspecified atom stereocenters. The van der Waals surface area contributed by atoms with Gasteiger partial charge in [0.1, 0.15) is 11.4 Å². The Hall–Kier alpha value is -3.23. The summed E-state index contributed by atoms with van der Waals surface area (Å²) >= 11 is 0. The number of aromatic nitrogens is 3. The standard InChI is InChI=1S/C23H24F4N4O/c1-21(2,3)31-19(10-11-28-31)18-13-15(20(32)30-22(4,5)23(25,26)27)12-17(29-18)14-6-8-16(24)9-7-14/h6-13H,1-5H3,(H,30,32). The molecule has 2 heterocycles. The van der Waals surface area contributed by atoms with E-state index >= 15 is 0 Å². The number of hydrogen-bond acceptors (Lipinski definition) is 3. The van der Waals surface area contributed by atoms with E-state index in [9.17, 15) is 22.4 Å². The Morgan fingerprint density at radius 3 is 2.09 bits per heavy atom. The maximum atomic E-state index is 13.4. The van der Waals surface area contributed by atoms with Crippen LogP contribution in [0.4, 0.5) is 17.6 Å². The molecule has 3 aromatic rings. The van der Waals surface area contributed by atoms with Gasteiger partial charge in [-0.3, -0.25) is 9.48 Å². The third-order valence-electron chi connectivity index (χ3n) is 4.90. The third kappa shape index (κ3) is 4.81. The monoisotopic (exact) mass is 448 g/mol. The lowest BCUT2D eigenvalue weighted by atomic mass is 10.0. The molecule has 1 amide bonds. The topological polar surface area (TPSA) is 59.8 Å². The summed E-state index contributed by atoms with van der Waals surface area (Å²) in [6.45, 7) is 7.59. The Morgan fingerprint density at radius 1 is 0.938 bits per heavy atom. The molecule has 0 bridgehead atoms. The van der Waals surface area contributed by atoms with E-state index in [0.29, 0.717) is 22.6 Å². The van der Waals surface area contributed by atoms with Gasteiger partial charge in [0.25, 0.3) is 5.91 Å². The fourth-order valence-corrected chi connectivity index (χ4v) is 3.02. The van der Waals surface area contributed by atoms with Gasteiger partial charge in [0.05, 0.1) is 22.6 Å². The van der Waals surface area contributed by atoms with Crippen LogP contribution in [0.25, 0.3) is 22.6 Å². The number of amides is 1. The Balaban J connectivity index is 2.15. The lowest BCUT2D eigenvalue weighted by molar-refractivity contribution is -0.182. The smallest absolute Gasteiger partial charge is 0.338 e. The molecule has 0 aliphatic rings. The molecule has 0 fully saturated rings. The van der Waals surface area contributed by atoms with E-state index in [1.165, 1.54) is 36.4 Å². The minimum Gasteiger partial charge on any atom is -0.338 e. The molecule has 0 atom stereocenters.